The number of pyridine rings is 1. The summed E-state index contributed by atoms with van der Waals surface area (Å²) >= 11 is 6.40. The predicted molar refractivity (Wildman–Crippen MR) is 105 cm³/mol. The van der Waals surface area contributed by atoms with Crippen molar-refractivity contribution in [2.45, 2.75) is 39.2 Å². The summed E-state index contributed by atoms with van der Waals surface area (Å²) in [5.74, 6) is 0.500. The lowest BCUT2D eigenvalue weighted by Crippen LogP contribution is -2.25. The number of halogens is 1. The van der Waals surface area contributed by atoms with Crippen molar-refractivity contribution >= 4 is 22.6 Å². The van der Waals surface area contributed by atoms with Gasteiger partial charge in [-0.05, 0) is 25.0 Å². The van der Waals surface area contributed by atoms with E-state index in [-0.39, 0.29) is 18.2 Å². The minimum Gasteiger partial charge on any atom is -0.396 e. The van der Waals surface area contributed by atoms with Crippen LogP contribution in [0.2, 0.25) is 5.02 Å². The van der Waals surface area contributed by atoms with Crippen LogP contribution in [0, 0.1) is 0 Å². The number of hydrogen-bond donors (Lipinski definition) is 1. The van der Waals surface area contributed by atoms with E-state index in [9.17, 15) is 9.90 Å². The van der Waals surface area contributed by atoms with Crippen molar-refractivity contribution in [3.63, 3.8) is 0 Å². The fourth-order valence-electron chi connectivity index (χ4n) is 3.26. The highest BCUT2D eigenvalue weighted by Crippen LogP contribution is 2.32. The second-order valence-electron chi connectivity index (χ2n) is 6.19. The molecule has 5 nitrogen and oxygen atoms in total. The molecule has 2 aromatic heterocycles. The van der Waals surface area contributed by atoms with Crippen LogP contribution in [0.1, 0.15) is 38.6 Å². The monoisotopic (exact) mass is 371 g/mol. The number of hydrogen-bond acceptors (Lipinski definition) is 4. The molecule has 2 heterocycles. The van der Waals surface area contributed by atoms with Gasteiger partial charge in [0.25, 0.3) is 5.56 Å². The molecule has 0 fully saturated rings. The topological polar surface area (TPSA) is 68.0 Å². The normalized spacial score (nSPS) is 11.4. The minimum atomic E-state index is -0.0787. The molecule has 0 saturated carbocycles. The quantitative estimate of drug-likeness (QED) is 0.710. The van der Waals surface area contributed by atoms with Crippen molar-refractivity contribution in [3.05, 3.63) is 57.6 Å². The van der Waals surface area contributed by atoms with Gasteiger partial charge in [0.2, 0.25) is 0 Å². The smallest absolute Gasteiger partial charge is 0.252 e. The van der Waals surface area contributed by atoms with E-state index in [1.807, 2.05) is 24.3 Å². The summed E-state index contributed by atoms with van der Waals surface area (Å²) in [6, 6.07) is 10.9. The second kappa shape index (κ2) is 7.98. The van der Waals surface area contributed by atoms with E-state index in [1.165, 1.54) is 0 Å². The summed E-state index contributed by atoms with van der Waals surface area (Å²) < 4.78 is 1.75. The van der Waals surface area contributed by atoms with Gasteiger partial charge in [0, 0.05) is 34.5 Å². The van der Waals surface area contributed by atoms with Gasteiger partial charge in [0.05, 0.1) is 12.3 Å². The van der Waals surface area contributed by atoms with Gasteiger partial charge >= 0.3 is 0 Å². The van der Waals surface area contributed by atoms with Gasteiger partial charge in [-0.2, -0.15) is 0 Å². The van der Waals surface area contributed by atoms with Crippen molar-refractivity contribution in [3.8, 4) is 11.3 Å². The Balaban J connectivity index is 2.40. The van der Waals surface area contributed by atoms with Gasteiger partial charge in [-0.25, -0.2) is 9.97 Å². The minimum absolute atomic E-state index is 0.0576. The van der Waals surface area contributed by atoms with E-state index in [0.29, 0.717) is 28.6 Å². The molecule has 3 aromatic rings. The third-order valence-corrected chi connectivity index (χ3v) is 4.93. The lowest BCUT2D eigenvalue weighted by atomic mass is 10.1. The number of aromatic nitrogens is 3. The lowest BCUT2D eigenvalue weighted by Gasteiger charge is -2.20. The summed E-state index contributed by atoms with van der Waals surface area (Å²) in [4.78, 5) is 21.8. The Morgan fingerprint density at radius 1 is 1.12 bits per heavy atom. The number of fused-ring (bicyclic) bond motifs is 1. The molecule has 26 heavy (non-hydrogen) atoms. The molecule has 0 aliphatic rings. The predicted octanol–water partition coefficient (Wildman–Crippen LogP) is 4.01. The van der Waals surface area contributed by atoms with Crippen LogP contribution < -0.4 is 5.56 Å². The van der Waals surface area contributed by atoms with Crippen LogP contribution in [0.25, 0.3) is 22.3 Å². The summed E-state index contributed by atoms with van der Waals surface area (Å²) in [7, 11) is 0. The van der Waals surface area contributed by atoms with Crippen molar-refractivity contribution in [2.75, 3.05) is 6.61 Å². The molecule has 136 valence electrons. The van der Waals surface area contributed by atoms with E-state index in [4.69, 9.17) is 11.6 Å². The van der Waals surface area contributed by atoms with Crippen LogP contribution in [0.4, 0.5) is 0 Å². The molecule has 1 aromatic carbocycles. The van der Waals surface area contributed by atoms with Crippen molar-refractivity contribution in [1.29, 1.82) is 0 Å². The summed E-state index contributed by atoms with van der Waals surface area (Å²) in [5.41, 5.74) is 1.99. The van der Waals surface area contributed by atoms with Gasteiger partial charge in [0.1, 0.15) is 11.5 Å². The van der Waals surface area contributed by atoms with E-state index < -0.39 is 0 Å². The molecular formula is C20H22ClN3O2. The van der Waals surface area contributed by atoms with Crippen LogP contribution in [0.15, 0.2) is 41.2 Å². The zero-order valence-electron chi connectivity index (χ0n) is 14.9. The van der Waals surface area contributed by atoms with Crippen LogP contribution in [0.5, 0.6) is 0 Å². The Hall–Kier alpha value is -2.24. The standard InChI is InChI=1S/C20H22ClN3O2/c1-3-13(4-2)24-18(26)10-9-15-19(14-7-5-6-8-16(14)21)22-17(11-12-25)23-20(15)24/h5-10,13,25H,3-4,11-12H2,1-2H3. The first kappa shape index (κ1) is 18.5. The Labute approximate surface area is 157 Å². The Morgan fingerprint density at radius 2 is 1.85 bits per heavy atom. The summed E-state index contributed by atoms with van der Waals surface area (Å²) in [6.07, 6.45) is 1.98. The van der Waals surface area contributed by atoms with Crippen LogP contribution >= 0.6 is 11.6 Å². The zero-order valence-corrected chi connectivity index (χ0v) is 15.7. The lowest BCUT2D eigenvalue weighted by molar-refractivity contribution is 0.296. The summed E-state index contributed by atoms with van der Waals surface area (Å²) in [6.45, 7) is 4.06. The number of aliphatic hydroxyl groups is 1. The van der Waals surface area contributed by atoms with Crippen LogP contribution in [0.3, 0.4) is 0 Å². The Kier molecular flexibility index (Phi) is 5.69. The van der Waals surface area contributed by atoms with E-state index in [0.717, 1.165) is 23.8 Å². The first-order valence-corrected chi connectivity index (χ1v) is 9.26. The molecular weight excluding hydrogens is 350 g/mol. The number of benzene rings is 1. The molecule has 6 heteroatoms. The molecule has 0 aliphatic heterocycles. The van der Waals surface area contributed by atoms with Crippen molar-refractivity contribution in [2.24, 2.45) is 0 Å². The van der Waals surface area contributed by atoms with E-state index >= 15 is 0 Å². The van der Waals surface area contributed by atoms with E-state index in [1.54, 1.807) is 16.7 Å². The van der Waals surface area contributed by atoms with Gasteiger partial charge in [-0.1, -0.05) is 43.6 Å². The van der Waals surface area contributed by atoms with Crippen molar-refractivity contribution < 1.29 is 5.11 Å². The summed E-state index contributed by atoms with van der Waals surface area (Å²) in [5, 5.41) is 10.7. The zero-order chi connectivity index (χ0) is 18.7. The highest BCUT2D eigenvalue weighted by Gasteiger charge is 2.18. The average molecular weight is 372 g/mol. The van der Waals surface area contributed by atoms with E-state index in [2.05, 4.69) is 23.8 Å². The molecule has 0 saturated heterocycles. The van der Waals surface area contributed by atoms with Gasteiger partial charge in [0.15, 0.2) is 0 Å². The first-order chi connectivity index (χ1) is 12.6. The SMILES string of the molecule is CCC(CC)n1c(=O)ccc2c(-c3ccccc3Cl)nc(CCO)nc21. The second-order valence-corrected chi connectivity index (χ2v) is 6.60. The van der Waals surface area contributed by atoms with Gasteiger partial charge in [-0.15, -0.1) is 0 Å². The first-order valence-electron chi connectivity index (χ1n) is 8.88. The molecule has 3 rings (SSSR count). The molecule has 0 unspecified atom stereocenters. The maximum absolute atomic E-state index is 12.6. The molecule has 0 bridgehead atoms. The third-order valence-electron chi connectivity index (χ3n) is 4.60. The van der Waals surface area contributed by atoms with Crippen molar-refractivity contribution in [1.82, 2.24) is 14.5 Å². The Morgan fingerprint density at radius 3 is 2.50 bits per heavy atom. The molecule has 0 radical (unpaired) electrons. The average Bonchev–Trinajstić information content (AvgIpc) is 2.64. The number of nitrogens with zero attached hydrogens (tertiary/aromatic N) is 3. The highest BCUT2D eigenvalue weighted by molar-refractivity contribution is 6.33. The van der Waals surface area contributed by atoms with Gasteiger partial charge in [-0.3, -0.25) is 9.36 Å². The molecule has 0 spiro atoms. The Bertz CT molecular complexity index is 980. The fraction of sp³-hybridized carbons (Fsp3) is 0.350. The molecule has 0 atom stereocenters. The molecule has 0 aliphatic carbocycles. The number of rotatable bonds is 6. The fourth-order valence-corrected chi connectivity index (χ4v) is 3.48. The largest absolute Gasteiger partial charge is 0.396 e. The molecule has 1 N–H and O–H groups in total. The molecule has 0 amide bonds. The number of aliphatic hydroxyl groups excluding tert-OH is 1. The maximum atomic E-state index is 12.6. The van der Waals surface area contributed by atoms with Crippen LogP contribution in [-0.4, -0.2) is 26.2 Å². The highest BCUT2D eigenvalue weighted by atomic mass is 35.5. The third kappa shape index (κ3) is 3.37. The van der Waals surface area contributed by atoms with Crippen LogP contribution in [-0.2, 0) is 6.42 Å². The van der Waals surface area contributed by atoms with Gasteiger partial charge < -0.3 is 5.11 Å². The maximum Gasteiger partial charge on any atom is 0.252 e.